The summed E-state index contributed by atoms with van der Waals surface area (Å²) in [4.78, 5) is 39.7. The molecule has 27 heavy (non-hydrogen) atoms. The van der Waals surface area contributed by atoms with Gasteiger partial charge in [-0.05, 0) is 36.6 Å². The van der Waals surface area contributed by atoms with E-state index in [1.165, 1.54) is 7.11 Å². The fourth-order valence-corrected chi connectivity index (χ4v) is 3.23. The predicted octanol–water partition coefficient (Wildman–Crippen LogP) is 3.34. The Morgan fingerprint density at radius 2 is 1.56 bits per heavy atom. The molecule has 2 aromatic rings. The lowest BCUT2D eigenvalue weighted by atomic mass is 10.0. The van der Waals surface area contributed by atoms with Gasteiger partial charge in [-0.2, -0.15) is 0 Å². The third-order valence-corrected chi connectivity index (χ3v) is 4.50. The van der Waals surface area contributed by atoms with Gasteiger partial charge >= 0.3 is 0 Å². The number of methoxy groups -OCH3 is 1. The van der Waals surface area contributed by atoms with E-state index >= 15 is 0 Å². The first-order valence-electron chi connectivity index (χ1n) is 8.84. The smallest absolute Gasteiger partial charge is 0.262 e. The number of amides is 3. The van der Waals surface area contributed by atoms with Crippen LogP contribution >= 0.6 is 0 Å². The third-order valence-electron chi connectivity index (χ3n) is 4.50. The Bertz CT molecular complexity index is 856. The molecule has 0 saturated heterocycles. The van der Waals surface area contributed by atoms with Crippen molar-refractivity contribution in [1.29, 1.82) is 0 Å². The standard InChI is InChI=1S/C21H22N2O4/c1-13(2)12-17(19(24)22-16-10-6-7-11-18(16)27-3)23-20(25)14-8-4-5-9-15(14)21(23)26/h4-11,13,17H,12H2,1-3H3,(H,22,24)/t17-/m0/s1. The van der Waals surface area contributed by atoms with Crippen LogP contribution in [0, 0.1) is 5.92 Å². The van der Waals surface area contributed by atoms with Gasteiger partial charge in [-0.3, -0.25) is 19.3 Å². The second-order valence-corrected chi connectivity index (χ2v) is 6.86. The van der Waals surface area contributed by atoms with Crippen LogP contribution in [-0.4, -0.2) is 35.8 Å². The fourth-order valence-electron chi connectivity index (χ4n) is 3.23. The van der Waals surface area contributed by atoms with Crippen molar-refractivity contribution in [1.82, 2.24) is 4.90 Å². The zero-order valence-electron chi connectivity index (χ0n) is 15.6. The van der Waals surface area contributed by atoms with Crippen molar-refractivity contribution < 1.29 is 19.1 Å². The van der Waals surface area contributed by atoms with Gasteiger partial charge in [0, 0.05) is 0 Å². The number of nitrogens with one attached hydrogen (secondary N) is 1. The average molecular weight is 366 g/mol. The van der Waals surface area contributed by atoms with E-state index in [9.17, 15) is 14.4 Å². The Balaban J connectivity index is 1.92. The number of nitrogens with zero attached hydrogens (tertiary/aromatic N) is 1. The number of anilines is 1. The van der Waals surface area contributed by atoms with Crippen LogP contribution in [0.2, 0.25) is 0 Å². The van der Waals surface area contributed by atoms with Gasteiger partial charge in [0.1, 0.15) is 11.8 Å². The van der Waals surface area contributed by atoms with Crippen LogP contribution in [0.25, 0.3) is 0 Å². The van der Waals surface area contributed by atoms with Crippen LogP contribution in [-0.2, 0) is 4.79 Å². The molecule has 6 heteroatoms. The summed E-state index contributed by atoms with van der Waals surface area (Å²) in [5.41, 5.74) is 1.16. The molecule has 6 nitrogen and oxygen atoms in total. The molecule has 140 valence electrons. The minimum Gasteiger partial charge on any atom is -0.495 e. The summed E-state index contributed by atoms with van der Waals surface area (Å²) in [6, 6.07) is 12.8. The molecule has 0 bridgehead atoms. The summed E-state index contributed by atoms with van der Waals surface area (Å²) in [6.45, 7) is 3.89. The SMILES string of the molecule is COc1ccccc1NC(=O)[C@H](CC(C)C)N1C(=O)c2ccccc2C1=O. The molecule has 0 spiro atoms. The number of ether oxygens (including phenoxy) is 1. The molecule has 1 aliphatic rings. The molecule has 0 radical (unpaired) electrons. The maximum absolute atomic E-state index is 13.0. The number of carbonyl (C=O) groups is 3. The largest absolute Gasteiger partial charge is 0.495 e. The molecule has 0 aliphatic carbocycles. The molecule has 1 aliphatic heterocycles. The number of carbonyl (C=O) groups excluding carboxylic acids is 3. The minimum atomic E-state index is -0.901. The molecular weight excluding hydrogens is 344 g/mol. The molecule has 0 unspecified atom stereocenters. The Kier molecular flexibility index (Phi) is 5.26. The quantitative estimate of drug-likeness (QED) is 0.796. The highest BCUT2D eigenvalue weighted by Gasteiger charge is 2.42. The van der Waals surface area contributed by atoms with Crippen molar-refractivity contribution in [3.8, 4) is 5.75 Å². The van der Waals surface area contributed by atoms with Crippen molar-refractivity contribution >= 4 is 23.4 Å². The van der Waals surface area contributed by atoms with Crippen LogP contribution in [0.5, 0.6) is 5.75 Å². The van der Waals surface area contributed by atoms with E-state index in [1.54, 1.807) is 48.5 Å². The Labute approximate surface area is 158 Å². The fraction of sp³-hybridized carbons (Fsp3) is 0.286. The van der Waals surface area contributed by atoms with E-state index < -0.39 is 23.8 Å². The predicted molar refractivity (Wildman–Crippen MR) is 102 cm³/mol. The topological polar surface area (TPSA) is 75.7 Å². The van der Waals surface area contributed by atoms with Gasteiger partial charge in [-0.25, -0.2) is 0 Å². The number of benzene rings is 2. The van der Waals surface area contributed by atoms with Gasteiger partial charge in [0.25, 0.3) is 11.8 Å². The van der Waals surface area contributed by atoms with E-state index in [-0.39, 0.29) is 5.92 Å². The minimum absolute atomic E-state index is 0.114. The first-order chi connectivity index (χ1) is 12.9. The van der Waals surface area contributed by atoms with Crippen molar-refractivity contribution in [2.24, 2.45) is 5.92 Å². The van der Waals surface area contributed by atoms with E-state index in [1.807, 2.05) is 13.8 Å². The van der Waals surface area contributed by atoms with Crippen LogP contribution in [0.1, 0.15) is 41.0 Å². The zero-order valence-corrected chi connectivity index (χ0v) is 15.6. The normalized spacial score (nSPS) is 14.3. The number of fused-ring (bicyclic) bond motifs is 1. The lowest BCUT2D eigenvalue weighted by Crippen LogP contribution is -2.48. The molecule has 1 atom stereocenters. The second-order valence-electron chi connectivity index (χ2n) is 6.86. The van der Waals surface area contributed by atoms with Crippen LogP contribution < -0.4 is 10.1 Å². The highest BCUT2D eigenvalue weighted by atomic mass is 16.5. The number of para-hydroxylation sites is 2. The lowest BCUT2D eigenvalue weighted by Gasteiger charge is -2.27. The molecule has 3 amide bonds. The zero-order chi connectivity index (χ0) is 19.6. The third kappa shape index (κ3) is 3.56. The number of rotatable bonds is 6. The van der Waals surface area contributed by atoms with Crippen LogP contribution in [0.15, 0.2) is 48.5 Å². The van der Waals surface area contributed by atoms with E-state index in [0.717, 1.165) is 4.90 Å². The van der Waals surface area contributed by atoms with Crippen molar-refractivity contribution in [3.05, 3.63) is 59.7 Å². The summed E-state index contributed by atoms with van der Waals surface area (Å²) < 4.78 is 5.26. The van der Waals surface area contributed by atoms with E-state index in [0.29, 0.717) is 29.0 Å². The molecule has 3 rings (SSSR count). The summed E-state index contributed by atoms with van der Waals surface area (Å²) >= 11 is 0. The second kappa shape index (κ2) is 7.61. The summed E-state index contributed by atoms with van der Waals surface area (Å²) in [5.74, 6) is -0.658. The van der Waals surface area contributed by atoms with Crippen molar-refractivity contribution in [2.45, 2.75) is 26.3 Å². The lowest BCUT2D eigenvalue weighted by molar-refractivity contribution is -0.120. The van der Waals surface area contributed by atoms with E-state index in [2.05, 4.69) is 5.32 Å². The van der Waals surface area contributed by atoms with Crippen molar-refractivity contribution in [2.75, 3.05) is 12.4 Å². The molecule has 1 N–H and O–H groups in total. The first kappa shape index (κ1) is 18.6. The first-order valence-corrected chi connectivity index (χ1v) is 8.84. The van der Waals surface area contributed by atoms with E-state index in [4.69, 9.17) is 4.74 Å². The molecule has 2 aromatic carbocycles. The molecular formula is C21H22N2O4. The number of imide groups is 1. The molecule has 1 heterocycles. The Morgan fingerprint density at radius 3 is 2.11 bits per heavy atom. The van der Waals surface area contributed by atoms with Gasteiger partial charge in [-0.1, -0.05) is 38.1 Å². The van der Waals surface area contributed by atoms with Crippen molar-refractivity contribution in [3.63, 3.8) is 0 Å². The molecule has 0 fully saturated rings. The van der Waals surface area contributed by atoms with Crippen LogP contribution in [0.4, 0.5) is 5.69 Å². The maximum Gasteiger partial charge on any atom is 0.262 e. The monoisotopic (exact) mass is 366 g/mol. The van der Waals surface area contributed by atoms with Gasteiger partial charge in [0.2, 0.25) is 5.91 Å². The maximum atomic E-state index is 13.0. The Hall–Kier alpha value is -3.15. The van der Waals surface area contributed by atoms with Gasteiger partial charge in [0.05, 0.1) is 23.9 Å². The van der Waals surface area contributed by atoms with Gasteiger partial charge < -0.3 is 10.1 Å². The Morgan fingerprint density at radius 1 is 1.00 bits per heavy atom. The van der Waals surface area contributed by atoms with Gasteiger partial charge in [0.15, 0.2) is 0 Å². The number of hydrogen-bond acceptors (Lipinski definition) is 4. The average Bonchev–Trinajstić information content (AvgIpc) is 2.91. The number of hydrogen-bond donors (Lipinski definition) is 1. The highest BCUT2D eigenvalue weighted by molar-refractivity contribution is 6.23. The van der Waals surface area contributed by atoms with Gasteiger partial charge in [-0.15, -0.1) is 0 Å². The highest BCUT2D eigenvalue weighted by Crippen LogP contribution is 2.29. The van der Waals surface area contributed by atoms with Crippen LogP contribution in [0.3, 0.4) is 0 Å². The molecule has 0 saturated carbocycles. The summed E-state index contributed by atoms with van der Waals surface area (Å²) in [5, 5.41) is 2.80. The summed E-state index contributed by atoms with van der Waals surface area (Å²) in [6.07, 6.45) is 0.368. The molecule has 0 aromatic heterocycles. The summed E-state index contributed by atoms with van der Waals surface area (Å²) in [7, 11) is 1.51.